The molecule has 0 fully saturated rings. The molecule has 1 aromatic rings. The van der Waals surface area contributed by atoms with Crippen molar-refractivity contribution in [3.05, 3.63) is 29.6 Å². The number of hydrogen-bond donors (Lipinski definition) is 0. The van der Waals surface area contributed by atoms with Crippen LogP contribution in [0.5, 0.6) is 0 Å². The number of halogens is 3. The van der Waals surface area contributed by atoms with E-state index in [2.05, 4.69) is 16.8 Å². The zero-order valence-corrected chi connectivity index (χ0v) is 7.51. The van der Waals surface area contributed by atoms with Gasteiger partial charge in [0.25, 0.3) is 0 Å². The Morgan fingerprint density at radius 2 is 2.20 bits per heavy atom. The molecule has 0 bridgehead atoms. The van der Waals surface area contributed by atoms with Gasteiger partial charge in [0.15, 0.2) is 0 Å². The van der Waals surface area contributed by atoms with Crippen molar-refractivity contribution in [2.45, 2.75) is 12.6 Å². The predicted molar refractivity (Wildman–Crippen MR) is 46.8 cm³/mol. The first-order valence-corrected chi connectivity index (χ1v) is 4.00. The number of rotatable bonds is 1. The van der Waals surface area contributed by atoms with Gasteiger partial charge in [0.1, 0.15) is 12.0 Å². The SMILES string of the molecule is O=CCC#Cc1ccnc(C(F)(F)F)c1. The fourth-order valence-electron chi connectivity index (χ4n) is 0.858. The fraction of sp³-hybridized carbons (Fsp3) is 0.200. The Bertz CT molecular complexity index is 415. The maximum absolute atomic E-state index is 12.2. The van der Waals surface area contributed by atoms with Crippen LogP contribution in [0, 0.1) is 11.8 Å². The van der Waals surface area contributed by atoms with Gasteiger partial charge in [0.2, 0.25) is 0 Å². The summed E-state index contributed by atoms with van der Waals surface area (Å²) in [6.45, 7) is 0. The van der Waals surface area contributed by atoms with Crippen molar-refractivity contribution < 1.29 is 18.0 Å². The first-order valence-electron chi connectivity index (χ1n) is 4.00. The highest BCUT2D eigenvalue weighted by Gasteiger charge is 2.32. The van der Waals surface area contributed by atoms with E-state index in [1.807, 2.05) is 0 Å². The zero-order valence-electron chi connectivity index (χ0n) is 7.51. The Morgan fingerprint density at radius 1 is 1.47 bits per heavy atom. The molecule has 0 amide bonds. The molecule has 2 nitrogen and oxygen atoms in total. The van der Waals surface area contributed by atoms with Crippen molar-refractivity contribution in [1.82, 2.24) is 4.98 Å². The molecule has 5 heteroatoms. The summed E-state index contributed by atoms with van der Waals surface area (Å²) >= 11 is 0. The average molecular weight is 213 g/mol. The number of carbonyl (C=O) groups is 1. The maximum Gasteiger partial charge on any atom is 0.433 e. The number of nitrogens with zero attached hydrogens (tertiary/aromatic N) is 1. The molecule has 1 aromatic heterocycles. The van der Waals surface area contributed by atoms with Crippen LogP contribution in [-0.4, -0.2) is 11.3 Å². The molecule has 0 aliphatic rings. The molecule has 1 heterocycles. The molecule has 0 saturated heterocycles. The van der Waals surface area contributed by atoms with Crippen molar-refractivity contribution in [3.8, 4) is 11.8 Å². The number of aldehydes is 1. The molecule has 0 aliphatic heterocycles. The molecule has 0 aliphatic carbocycles. The normalized spacial score (nSPS) is 10.3. The van der Waals surface area contributed by atoms with Gasteiger partial charge in [-0.1, -0.05) is 11.8 Å². The van der Waals surface area contributed by atoms with Gasteiger partial charge in [-0.25, -0.2) is 0 Å². The van der Waals surface area contributed by atoms with E-state index >= 15 is 0 Å². The topological polar surface area (TPSA) is 30.0 Å². The smallest absolute Gasteiger partial charge is 0.302 e. The lowest BCUT2D eigenvalue weighted by Gasteiger charge is -2.04. The Hall–Kier alpha value is -1.83. The van der Waals surface area contributed by atoms with Gasteiger partial charge in [-0.15, -0.1) is 0 Å². The molecule has 78 valence electrons. The van der Waals surface area contributed by atoms with Gasteiger partial charge in [-0.05, 0) is 12.1 Å². The van der Waals surface area contributed by atoms with Crippen LogP contribution in [0.15, 0.2) is 18.3 Å². The molecule has 1 rings (SSSR count). The lowest BCUT2D eigenvalue weighted by Crippen LogP contribution is -2.07. The van der Waals surface area contributed by atoms with Gasteiger partial charge < -0.3 is 4.79 Å². The summed E-state index contributed by atoms with van der Waals surface area (Å²) in [5.74, 6) is 4.85. The van der Waals surface area contributed by atoms with Crippen LogP contribution in [0.2, 0.25) is 0 Å². The zero-order chi connectivity index (χ0) is 11.3. The molecule has 0 spiro atoms. The summed E-state index contributed by atoms with van der Waals surface area (Å²) in [6.07, 6.45) is -2.85. The van der Waals surface area contributed by atoms with Crippen molar-refractivity contribution in [1.29, 1.82) is 0 Å². The fourth-order valence-corrected chi connectivity index (χ4v) is 0.858. The third kappa shape index (κ3) is 3.43. The lowest BCUT2D eigenvalue weighted by molar-refractivity contribution is -0.141. The first-order chi connectivity index (χ1) is 7.04. The van der Waals surface area contributed by atoms with Crippen molar-refractivity contribution in [2.24, 2.45) is 0 Å². The van der Waals surface area contributed by atoms with Gasteiger partial charge in [-0.2, -0.15) is 13.2 Å². The van der Waals surface area contributed by atoms with Gasteiger partial charge in [0.05, 0.1) is 6.42 Å². The third-order valence-corrected chi connectivity index (χ3v) is 1.47. The number of carbonyl (C=O) groups excluding carboxylic acids is 1. The van der Waals surface area contributed by atoms with Gasteiger partial charge in [0, 0.05) is 11.8 Å². The summed E-state index contributed by atoms with van der Waals surface area (Å²) in [5, 5.41) is 0. The minimum atomic E-state index is -4.47. The third-order valence-electron chi connectivity index (χ3n) is 1.47. The van der Waals surface area contributed by atoms with Crippen LogP contribution < -0.4 is 0 Å². The van der Waals surface area contributed by atoms with E-state index in [1.165, 1.54) is 6.07 Å². The minimum Gasteiger partial charge on any atom is -0.302 e. The summed E-state index contributed by atoms with van der Waals surface area (Å²) in [6, 6.07) is 2.20. The second kappa shape index (κ2) is 4.60. The number of alkyl halides is 3. The summed E-state index contributed by atoms with van der Waals surface area (Å²) in [4.78, 5) is 13.1. The first kappa shape index (κ1) is 11.2. The van der Waals surface area contributed by atoms with E-state index < -0.39 is 11.9 Å². The molecule has 0 unspecified atom stereocenters. The molecular formula is C10H6F3NO. The van der Waals surface area contributed by atoms with E-state index in [0.29, 0.717) is 6.29 Å². The standard InChI is InChI=1S/C10H6F3NO/c11-10(12,13)9-7-8(4-5-14-9)3-1-2-6-15/h4-7H,2H2. The maximum atomic E-state index is 12.2. The van der Waals surface area contributed by atoms with E-state index in [-0.39, 0.29) is 12.0 Å². The van der Waals surface area contributed by atoms with Crippen LogP contribution in [0.3, 0.4) is 0 Å². The largest absolute Gasteiger partial charge is 0.433 e. The Kier molecular flexibility index (Phi) is 3.45. The van der Waals surface area contributed by atoms with E-state index in [1.54, 1.807) is 0 Å². The Balaban J connectivity index is 2.94. The number of hydrogen-bond acceptors (Lipinski definition) is 2. The molecule has 0 radical (unpaired) electrons. The molecule has 0 aromatic carbocycles. The monoisotopic (exact) mass is 213 g/mol. The highest BCUT2D eigenvalue weighted by Crippen LogP contribution is 2.27. The second-order valence-corrected chi connectivity index (χ2v) is 2.60. The van der Waals surface area contributed by atoms with Gasteiger partial charge >= 0.3 is 6.18 Å². The second-order valence-electron chi connectivity index (χ2n) is 2.60. The van der Waals surface area contributed by atoms with E-state index in [4.69, 9.17) is 0 Å². The lowest BCUT2D eigenvalue weighted by atomic mass is 10.2. The number of pyridine rings is 1. The highest BCUT2D eigenvalue weighted by molar-refractivity contribution is 5.54. The van der Waals surface area contributed by atoms with Crippen LogP contribution in [0.25, 0.3) is 0 Å². The van der Waals surface area contributed by atoms with Crippen molar-refractivity contribution in [3.63, 3.8) is 0 Å². The van der Waals surface area contributed by atoms with E-state index in [9.17, 15) is 18.0 Å². The molecule has 0 atom stereocenters. The van der Waals surface area contributed by atoms with Crippen molar-refractivity contribution >= 4 is 6.29 Å². The summed E-state index contributed by atoms with van der Waals surface area (Å²) < 4.78 is 36.6. The molecule has 0 N–H and O–H groups in total. The van der Waals surface area contributed by atoms with Crippen LogP contribution >= 0.6 is 0 Å². The van der Waals surface area contributed by atoms with Crippen LogP contribution in [0.4, 0.5) is 13.2 Å². The van der Waals surface area contributed by atoms with E-state index in [0.717, 1.165) is 12.3 Å². The quantitative estimate of drug-likeness (QED) is 0.527. The van der Waals surface area contributed by atoms with Gasteiger partial charge in [-0.3, -0.25) is 4.98 Å². The highest BCUT2D eigenvalue weighted by atomic mass is 19.4. The molecule has 15 heavy (non-hydrogen) atoms. The number of aromatic nitrogens is 1. The Labute approximate surface area is 84.1 Å². The predicted octanol–water partition coefficient (Wildman–Crippen LogP) is 2.04. The summed E-state index contributed by atoms with van der Waals surface area (Å²) in [5.41, 5.74) is -0.792. The Morgan fingerprint density at radius 3 is 2.80 bits per heavy atom. The molecular weight excluding hydrogens is 207 g/mol. The van der Waals surface area contributed by atoms with Crippen molar-refractivity contribution in [2.75, 3.05) is 0 Å². The van der Waals surface area contributed by atoms with Crippen LogP contribution in [-0.2, 0) is 11.0 Å². The van der Waals surface area contributed by atoms with Crippen LogP contribution in [0.1, 0.15) is 17.7 Å². The molecule has 0 saturated carbocycles. The minimum absolute atomic E-state index is 0.00364. The summed E-state index contributed by atoms with van der Waals surface area (Å²) in [7, 11) is 0. The average Bonchev–Trinajstić information content (AvgIpc) is 2.17.